The molecule has 0 fully saturated rings. The summed E-state index contributed by atoms with van der Waals surface area (Å²) < 4.78 is 4.62. The molecule has 0 unspecified atom stereocenters. The number of rotatable bonds is 5. The van der Waals surface area contributed by atoms with Crippen LogP contribution in [0.1, 0.15) is 38.3 Å². The lowest BCUT2D eigenvalue weighted by atomic mass is 10.0. The molecule has 0 aliphatic carbocycles. The molecule has 0 atom stereocenters. The Morgan fingerprint density at radius 1 is 1.09 bits per heavy atom. The fourth-order valence-corrected chi connectivity index (χ4v) is 2.94. The molecular weight excluding hydrogens is 335 g/mol. The second-order valence-corrected chi connectivity index (χ2v) is 6.03. The van der Waals surface area contributed by atoms with E-state index in [2.05, 4.69) is 4.74 Å². The zero-order valence-corrected chi connectivity index (χ0v) is 14.4. The van der Waals surface area contributed by atoms with Gasteiger partial charge < -0.3 is 4.74 Å². The van der Waals surface area contributed by atoms with Crippen LogP contribution >= 0.6 is 23.2 Å². The van der Waals surface area contributed by atoms with E-state index in [4.69, 9.17) is 23.2 Å². The minimum atomic E-state index is -0.626. The van der Waals surface area contributed by atoms with Crippen molar-refractivity contribution >= 4 is 35.0 Å². The van der Waals surface area contributed by atoms with Gasteiger partial charge in [0.2, 0.25) is 0 Å². The smallest absolute Gasteiger partial charge is 0.340 e. The molecule has 2 rings (SSSR count). The Bertz CT molecular complexity index is 731. The molecule has 0 saturated carbocycles. The number of ether oxygens (including phenoxy) is 1. The second kappa shape index (κ2) is 7.62. The standard InChI is InChI=1S/C18H16Cl2O3/c1-11-4-3-5-12(8-11)6-7-16(21)13-9-14(19)17(15(20)10-13)18(22)23-2/h3-5,8-10H,6-7H2,1-2H3. The maximum atomic E-state index is 12.3. The van der Waals surface area contributed by atoms with Crippen LogP contribution in [0, 0.1) is 6.92 Å². The number of carbonyl (C=O) groups is 2. The van der Waals surface area contributed by atoms with Gasteiger partial charge in [0.05, 0.1) is 22.7 Å². The summed E-state index contributed by atoms with van der Waals surface area (Å²) in [6, 6.07) is 10.9. The molecule has 0 aliphatic rings. The summed E-state index contributed by atoms with van der Waals surface area (Å²) in [5, 5.41) is 0.228. The lowest BCUT2D eigenvalue weighted by Crippen LogP contribution is -2.07. The van der Waals surface area contributed by atoms with Crippen LogP contribution in [0.15, 0.2) is 36.4 Å². The van der Waals surface area contributed by atoms with E-state index in [1.165, 1.54) is 19.2 Å². The first-order chi connectivity index (χ1) is 10.9. The monoisotopic (exact) mass is 350 g/mol. The molecule has 2 aromatic carbocycles. The summed E-state index contributed by atoms with van der Waals surface area (Å²) in [6.07, 6.45) is 0.974. The quantitative estimate of drug-likeness (QED) is 0.568. The van der Waals surface area contributed by atoms with Gasteiger partial charge in [-0.2, -0.15) is 0 Å². The van der Waals surface area contributed by atoms with Gasteiger partial charge >= 0.3 is 5.97 Å². The minimum absolute atomic E-state index is 0.0751. The highest BCUT2D eigenvalue weighted by Crippen LogP contribution is 2.28. The number of halogens is 2. The van der Waals surface area contributed by atoms with Gasteiger partial charge in [0.15, 0.2) is 5.78 Å². The fourth-order valence-electron chi connectivity index (χ4n) is 2.30. The maximum absolute atomic E-state index is 12.3. The lowest BCUT2D eigenvalue weighted by molar-refractivity contribution is 0.0600. The van der Waals surface area contributed by atoms with Gasteiger partial charge in [0, 0.05) is 12.0 Å². The summed E-state index contributed by atoms with van der Waals surface area (Å²) in [7, 11) is 1.25. The zero-order chi connectivity index (χ0) is 17.0. The van der Waals surface area contributed by atoms with Crippen molar-refractivity contribution in [1.82, 2.24) is 0 Å². The Morgan fingerprint density at radius 2 is 1.74 bits per heavy atom. The van der Waals surface area contributed by atoms with Crippen molar-refractivity contribution in [2.75, 3.05) is 7.11 Å². The summed E-state index contributed by atoms with van der Waals surface area (Å²) >= 11 is 12.1. The van der Waals surface area contributed by atoms with Crippen LogP contribution in [0.4, 0.5) is 0 Å². The average Bonchev–Trinajstić information content (AvgIpc) is 2.51. The van der Waals surface area contributed by atoms with Crippen LogP contribution in [0.5, 0.6) is 0 Å². The molecule has 0 aromatic heterocycles. The van der Waals surface area contributed by atoms with Crippen molar-refractivity contribution in [2.45, 2.75) is 19.8 Å². The van der Waals surface area contributed by atoms with Crippen LogP contribution in [0.2, 0.25) is 10.0 Å². The predicted molar refractivity (Wildman–Crippen MR) is 91.6 cm³/mol. The van der Waals surface area contributed by atoms with Crippen LogP contribution in [-0.4, -0.2) is 18.9 Å². The summed E-state index contributed by atoms with van der Waals surface area (Å²) in [5.74, 6) is -0.703. The second-order valence-electron chi connectivity index (χ2n) is 5.22. The van der Waals surface area contributed by atoms with Crippen LogP contribution in [0.3, 0.4) is 0 Å². The Labute approximate surface area is 145 Å². The summed E-state index contributed by atoms with van der Waals surface area (Å²) in [6.45, 7) is 2.01. The van der Waals surface area contributed by atoms with Gasteiger partial charge in [-0.3, -0.25) is 4.79 Å². The SMILES string of the molecule is COC(=O)c1c(Cl)cc(C(=O)CCc2cccc(C)c2)cc1Cl. The Kier molecular flexibility index (Phi) is 5.80. The molecule has 0 saturated heterocycles. The molecule has 0 bridgehead atoms. The van der Waals surface area contributed by atoms with Gasteiger partial charge in [-0.05, 0) is 31.0 Å². The van der Waals surface area contributed by atoms with E-state index in [-0.39, 0.29) is 21.4 Å². The molecule has 0 spiro atoms. The first-order valence-electron chi connectivity index (χ1n) is 7.08. The van der Waals surface area contributed by atoms with E-state index < -0.39 is 5.97 Å². The number of carbonyl (C=O) groups excluding carboxylic acids is 2. The minimum Gasteiger partial charge on any atom is -0.465 e. The third-order valence-electron chi connectivity index (χ3n) is 3.48. The molecule has 0 N–H and O–H groups in total. The number of hydrogen-bond donors (Lipinski definition) is 0. The molecule has 0 radical (unpaired) electrons. The molecule has 0 heterocycles. The van der Waals surface area contributed by atoms with E-state index in [9.17, 15) is 9.59 Å². The van der Waals surface area contributed by atoms with E-state index in [0.29, 0.717) is 18.4 Å². The van der Waals surface area contributed by atoms with E-state index in [0.717, 1.165) is 11.1 Å². The largest absolute Gasteiger partial charge is 0.465 e. The highest BCUT2D eigenvalue weighted by atomic mass is 35.5. The first-order valence-corrected chi connectivity index (χ1v) is 7.84. The van der Waals surface area contributed by atoms with Crippen molar-refractivity contribution in [3.8, 4) is 0 Å². The van der Waals surface area contributed by atoms with Gasteiger partial charge in [-0.15, -0.1) is 0 Å². The van der Waals surface area contributed by atoms with Gasteiger partial charge in [0.1, 0.15) is 0 Å². The van der Waals surface area contributed by atoms with Crippen molar-refractivity contribution < 1.29 is 14.3 Å². The molecule has 2 aromatic rings. The number of Topliss-reactive ketones (excluding diaryl/α,β-unsaturated/α-hetero) is 1. The highest BCUT2D eigenvalue weighted by molar-refractivity contribution is 6.39. The maximum Gasteiger partial charge on any atom is 0.340 e. The van der Waals surface area contributed by atoms with Crippen LogP contribution < -0.4 is 0 Å². The molecular formula is C18H16Cl2O3. The number of hydrogen-bond acceptors (Lipinski definition) is 3. The lowest BCUT2D eigenvalue weighted by Gasteiger charge is -2.08. The van der Waals surface area contributed by atoms with Gasteiger partial charge in [-0.25, -0.2) is 4.79 Å². The first kappa shape index (κ1) is 17.5. The van der Waals surface area contributed by atoms with E-state index >= 15 is 0 Å². The van der Waals surface area contributed by atoms with Crippen molar-refractivity contribution in [2.24, 2.45) is 0 Å². The number of methoxy groups -OCH3 is 1. The Balaban J connectivity index is 2.15. The number of esters is 1. The van der Waals surface area contributed by atoms with E-state index in [1.54, 1.807) is 0 Å². The normalized spacial score (nSPS) is 10.4. The average molecular weight is 351 g/mol. The molecule has 3 nitrogen and oxygen atoms in total. The van der Waals surface area contributed by atoms with Crippen molar-refractivity contribution in [3.05, 3.63) is 68.7 Å². The molecule has 0 aliphatic heterocycles. The Morgan fingerprint density at radius 3 is 2.30 bits per heavy atom. The number of benzene rings is 2. The number of ketones is 1. The third kappa shape index (κ3) is 4.34. The fraction of sp³-hybridized carbons (Fsp3) is 0.222. The Hall–Kier alpha value is -1.84. The molecule has 23 heavy (non-hydrogen) atoms. The molecule has 0 amide bonds. The predicted octanol–water partition coefficient (Wildman–Crippen LogP) is 4.90. The van der Waals surface area contributed by atoms with Gasteiger partial charge in [0.25, 0.3) is 0 Å². The van der Waals surface area contributed by atoms with E-state index in [1.807, 2.05) is 31.2 Å². The summed E-state index contributed by atoms with van der Waals surface area (Å²) in [5.41, 5.74) is 2.72. The van der Waals surface area contributed by atoms with Crippen molar-refractivity contribution in [3.63, 3.8) is 0 Å². The van der Waals surface area contributed by atoms with Crippen molar-refractivity contribution in [1.29, 1.82) is 0 Å². The zero-order valence-electron chi connectivity index (χ0n) is 12.9. The van der Waals surface area contributed by atoms with Gasteiger partial charge in [-0.1, -0.05) is 53.0 Å². The topological polar surface area (TPSA) is 43.4 Å². The highest BCUT2D eigenvalue weighted by Gasteiger charge is 2.18. The number of aryl methyl sites for hydroxylation is 2. The third-order valence-corrected chi connectivity index (χ3v) is 4.07. The van der Waals surface area contributed by atoms with Crippen LogP contribution in [0.25, 0.3) is 0 Å². The molecule has 120 valence electrons. The summed E-state index contributed by atoms with van der Waals surface area (Å²) in [4.78, 5) is 23.9. The van der Waals surface area contributed by atoms with Crippen LogP contribution in [-0.2, 0) is 11.2 Å². The molecule has 5 heteroatoms.